The highest BCUT2D eigenvalue weighted by Gasteiger charge is 2.24. The lowest BCUT2D eigenvalue weighted by molar-refractivity contribution is 0.174. The predicted molar refractivity (Wildman–Crippen MR) is 103 cm³/mol. The number of nitrogens with zero attached hydrogens (tertiary/aromatic N) is 2. The van der Waals surface area contributed by atoms with Crippen molar-refractivity contribution in [2.75, 3.05) is 32.5 Å². The lowest BCUT2D eigenvalue weighted by atomic mass is 9.99. The van der Waals surface area contributed by atoms with E-state index < -0.39 is 0 Å². The zero-order valence-electron chi connectivity index (χ0n) is 15.6. The molecule has 0 saturated heterocycles. The van der Waals surface area contributed by atoms with Crippen LogP contribution >= 0.6 is 0 Å². The lowest BCUT2D eigenvalue weighted by Gasteiger charge is -2.29. The van der Waals surface area contributed by atoms with Crippen LogP contribution in [-0.2, 0) is 13.0 Å². The van der Waals surface area contributed by atoms with Gasteiger partial charge in [0.1, 0.15) is 0 Å². The van der Waals surface area contributed by atoms with E-state index in [0.717, 1.165) is 30.0 Å². The summed E-state index contributed by atoms with van der Waals surface area (Å²) in [5.41, 5.74) is 2.73. The fourth-order valence-corrected chi connectivity index (χ4v) is 3.73. The Morgan fingerprint density at radius 2 is 1.75 bits per heavy atom. The Balaban J connectivity index is 1.54. The smallest absolute Gasteiger partial charge is 0.260 e. The largest absolute Gasteiger partial charge is 0.493 e. The van der Waals surface area contributed by atoms with Crippen molar-refractivity contribution in [3.8, 4) is 23.0 Å². The minimum atomic E-state index is -0.211. The van der Waals surface area contributed by atoms with E-state index in [9.17, 15) is 4.79 Å². The Morgan fingerprint density at radius 3 is 2.50 bits per heavy atom. The third-order valence-corrected chi connectivity index (χ3v) is 5.20. The zero-order chi connectivity index (χ0) is 19.3. The van der Waals surface area contributed by atoms with Crippen LogP contribution in [-0.4, -0.2) is 37.5 Å². The summed E-state index contributed by atoms with van der Waals surface area (Å²) in [4.78, 5) is 22.3. The van der Waals surface area contributed by atoms with Crippen LogP contribution in [0.4, 0.5) is 5.95 Å². The minimum Gasteiger partial charge on any atom is -0.493 e. The van der Waals surface area contributed by atoms with Gasteiger partial charge in [-0.3, -0.25) is 9.78 Å². The summed E-state index contributed by atoms with van der Waals surface area (Å²) in [5, 5.41) is 0.460. The SMILES string of the molecule is COc1cc2nc(N3CCc4cc5c(cc4C3)OCO5)[nH]c(=O)c2cc1OC. The van der Waals surface area contributed by atoms with Gasteiger partial charge in [-0.05, 0) is 35.7 Å². The molecule has 2 aliphatic rings. The summed E-state index contributed by atoms with van der Waals surface area (Å²) in [6.07, 6.45) is 0.833. The molecule has 3 heterocycles. The highest BCUT2D eigenvalue weighted by atomic mass is 16.7. The molecule has 0 bridgehead atoms. The number of nitrogens with one attached hydrogen (secondary N) is 1. The standard InChI is InChI=1S/C20H19N3O5/c1-25-15-7-13-14(8-16(15)26-2)21-20(22-19(13)24)23-4-3-11-5-17-18(28-10-27-17)6-12(11)9-23/h5-8H,3-4,9-10H2,1-2H3,(H,21,22,24). The van der Waals surface area contributed by atoms with Crippen LogP contribution in [0.5, 0.6) is 23.0 Å². The lowest BCUT2D eigenvalue weighted by Crippen LogP contribution is -2.33. The highest BCUT2D eigenvalue weighted by molar-refractivity contribution is 5.82. The number of methoxy groups -OCH3 is 2. The van der Waals surface area contributed by atoms with E-state index in [4.69, 9.17) is 18.9 Å². The van der Waals surface area contributed by atoms with Gasteiger partial charge in [0.15, 0.2) is 23.0 Å². The van der Waals surface area contributed by atoms with Gasteiger partial charge in [-0.1, -0.05) is 0 Å². The van der Waals surface area contributed by atoms with Gasteiger partial charge in [-0.2, -0.15) is 0 Å². The number of hydrogen-bond donors (Lipinski definition) is 1. The van der Waals surface area contributed by atoms with Crippen LogP contribution in [0.3, 0.4) is 0 Å². The number of fused-ring (bicyclic) bond motifs is 3. The first-order valence-corrected chi connectivity index (χ1v) is 8.98. The molecule has 0 fully saturated rings. The molecular weight excluding hydrogens is 362 g/mol. The Bertz CT molecular complexity index is 1140. The third kappa shape index (κ3) is 2.60. The van der Waals surface area contributed by atoms with Gasteiger partial charge in [0.25, 0.3) is 5.56 Å². The van der Waals surface area contributed by atoms with E-state index in [0.29, 0.717) is 34.9 Å². The second-order valence-corrected chi connectivity index (χ2v) is 6.76. The Morgan fingerprint density at radius 1 is 1.04 bits per heavy atom. The molecule has 2 aliphatic heterocycles. The van der Waals surface area contributed by atoms with Crippen molar-refractivity contribution in [2.24, 2.45) is 0 Å². The number of aromatic amines is 1. The Hall–Kier alpha value is -3.42. The predicted octanol–water partition coefficient (Wildman–Crippen LogP) is 2.23. The van der Waals surface area contributed by atoms with Crippen molar-refractivity contribution >= 4 is 16.9 Å². The maximum absolute atomic E-state index is 12.7. The molecule has 1 N–H and O–H groups in total. The van der Waals surface area contributed by atoms with Crippen LogP contribution in [0.2, 0.25) is 0 Å². The quantitative estimate of drug-likeness (QED) is 0.745. The third-order valence-electron chi connectivity index (χ3n) is 5.20. The minimum absolute atomic E-state index is 0.211. The van der Waals surface area contributed by atoms with E-state index in [1.807, 2.05) is 12.1 Å². The summed E-state index contributed by atoms with van der Waals surface area (Å²) >= 11 is 0. The van der Waals surface area contributed by atoms with Gasteiger partial charge < -0.3 is 23.8 Å². The van der Waals surface area contributed by atoms with Crippen molar-refractivity contribution in [3.05, 3.63) is 45.7 Å². The molecule has 0 spiro atoms. The van der Waals surface area contributed by atoms with Gasteiger partial charge in [0.05, 0.1) is 25.1 Å². The first-order chi connectivity index (χ1) is 13.7. The normalized spacial score (nSPS) is 14.9. The molecule has 144 valence electrons. The van der Waals surface area contributed by atoms with Crippen LogP contribution in [0.1, 0.15) is 11.1 Å². The number of rotatable bonds is 3. The molecule has 8 heteroatoms. The molecule has 2 aromatic carbocycles. The number of ether oxygens (including phenoxy) is 4. The average Bonchev–Trinajstić information content (AvgIpc) is 3.17. The van der Waals surface area contributed by atoms with E-state index in [-0.39, 0.29) is 12.4 Å². The number of benzene rings is 2. The Labute approximate surface area is 160 Å². The molecule has 5 rings (SSSR count). The number of anilines is 1. The molecule has 28 heavy (non-hydrogen) atoms. The second kappa shape index (κ2) is 6.33. The summed E-state index contributed by atoms with van der Waals surface area (Å²) in [5.74, 6) is 3.13. The number of aromatic nitrogens is 2. The maximum Gasteiger partial charge on any atom is 0.260 e. The molecule has 0 amide bonds. The Kier molecular flexibility index (Phi) is 3.78. The van der Waals surface area contributed by atoms with Crippen LogP contribution in [0.25, 0.3) is 10.9 Å². The van der Waals surface area contributed by atoms with Crippen molar-refractivity contribution in [1.82, 2.24) is 9.97 Å². The second-order valence-electron chi connectivity index (χ2n) is 6.76. The fraction of sp³-hybridized carbons (Fsp3) is 0.300. The van der Waals surface area contributed by atoms with Crippen LogP contribution in [0.15, 0.2) is 29.1 Å². The molecule has 1 aromatic heterocycles. The molecule has 0 radical (unpaired) electrons. The number of hydrogen-bond acceptors (Lipinski definition) is 7. The average molecular weight is 381 g/mol. The zero-order valence-corrected chi connectivity index (χ0v) is 15.6. The fourth-order valence-electron chi connectivity index (χ4n) is 3.73. The molecule has 0 saturated carbocycles. The van der Waals surface area contributed by atoms with E-state index in [1.54, 1.807) is 19.2 Å². The van der Waals surface area contributed by atoms with Gasteiger partial charge in [0.2, 0.25) is 12.7 Å². The first-order valence-electron chi connectivity index (χ1n) is 8.98. The van der Waals surface area contributed by atoms with Crippen molar-refractivity contribution in [3.63, 3.8) is 0 Å². The van der Waals surface area contributed by atoms with Crippen molar-refractivity contribution in [1.29, 1.82) is 0 Å². The molecular formula is C20H19N3O5. The monoisotopic (exact) mass is 381 g/mol. The van der Waals surface area contributed by atoms with Gasteiger partial charge in [-0.15, -0.1) is 0 Å². The van der Waals surface area contributed by atoms with Gasteiger partial charge in [0, 0.05) is 19.2 Å². The van der Waals surface area contributed by atoms with Gasteiger partial charge >= 0.3 is 0 Å². The van der Waals surface area contributed by atoms with Gasteiger partial charge in [-0.25, -0.2) is 4.98 Å². The molecule has 8 nitrogen and oxygen atoms in total. The molecule has 0 unspecified atom stereocenters. The topological polar surface area (TPSA) is 85.9 Å². The first kappa shape index (κ1) is 16.7. The van der Waals surface area contributed by atoms with Crippen molar-refractivity contribution < 1.29 is 18.9 Å². The van der Waals surface area contributed by atoms with Crippen molar-refractivity contribution in [2.45, 2.75) is 13.0 Å². The van der Waals surface area contributed by atoms with Crippen LogP contribution in [0, 0.1) is 0 Å². The summed E-state index contributed by atoms with van der Waals surface area (Å²) in [7, 11) is 3.10. The highest BCUT2D eigenvalue weighted by Crippen LogP contribution is 2.37. The summed E-state index contributed by atoms with van der Waals surface area (Å²) < 4.78 is 21.6. The van der Waals surface area contributed by atoms with Crippen LogP contribution < -0.4 is 29.4 Å². The summed E-state index contributed by atoms with van der Waals surface area (Å²) in [6, 6.07) is 7.43. The summed E-state index contributed by atoms with van der Waals surface area (Å²) in [6.45, 7) is 1.63. The molecule has 3 aromatic rings. The maximum atomic E-state index is 12.7. The molecule has 0 atom stereocenters. The van der Waals surface area contributed by atoms with E-state index >= 15 is 0 Å². The van der Waals surface area contributed by atoms with E-state index in [1.165, 1.54) is 12.7 Å². The number of H-pyrrole nitrogens is 1. The molecule has 0 aliphatic carbocycles. The van der Waals surface area contributed by atoms with E-state index in [2.05, 4.69) is 14.9 Å².